The minimum atomic E-state index is 0.0192. The first kappa shape index (κ1) is 15.7. The van der Waals surface area contributed by atoms with Crippen molar-refractivity contribution in [3.63, 3.8) is 0 Å². The molecule has 0 saturated carbocycles. The summed E-state index contributed by atoms with van der Waals surface area (Å²) in [7, 11) is 0. The first-order valence-electron chi connectivity index (χ1n) is 7.49. The van der Waals surface area contributed by atoms with Gasteiger partial charge in [-0.2, -0.15) is 0 Å². The van der Waals surface area contributed by atoms with Crippen molar-refractivity contribution in [3.05, 3.63) is 29.8 Å². The lowest BCUT2D eigenvalue weighted by Gasteiger charge is -2.17. The molecule has 1 amide bonds. The van der Waals surface area contributed by atoms with Gasteiger partial charge in [0, 0.05) is 11.6 Å². The van der Waals surface area contributed by atoms with E-state index in [4.69, 9.17) is 0 Å². The van der Waals surface area contributed by atoms with Gasteiger partial charge in [-0.3, -0.25) is 4.79 Å². The topological polar surface area (TPSA) is 29.1 Å². The minimum Gasteiger partial charge on any atom is -0.326 e. The van der Waals surface area contributed by atoms with Crippen molar-refractivity contribution in [2.24, 2.45) is 5.92 Å². The molecule has 0 atom stereocenters. The van der Waals surface area contributed by atoms with E-state index in [2.05, 4.69) is 31.3 Å². The molecule has 106 valence electrons. The molecule has 0 heterocycles. The molecule has 0 spiro atoms. The van der Waals surface area contributed by atoms with Crippen molar-refractivity contribution in [1.29, 1.82) is 0 Å². The fraction of sp³-hybridized carbons (Fsp3) is 0.588. The van der Waals surface area contributed by atoms with Crippen LogP contribution in [0, 0.1) is 5.92 Å². The van der Waals surface area contributed by atoms with Crippen LogP contribution in [-0.2, 0) is 4.79 Å². The molecule has 0 aliphatic rings. The van der Waals surface area contributed by atoms with E-state index in [1.54, 1.807) is 0 Å². The van der Waals surface area contributed by atoms with Crippen molar-refractivity contribution in [2.45, 2.75) is 59.3 Å². The van der Waals surface area contributed by atoms with Crippen molar-refractivity contribution < 1.29 is 4.79 Å². The second-order valence-corrected chi connectivity index (χ2v) is 5.54. The maximum atomic E-state index is 11.7. The summed E-state index contributed by atoms with van der Waals surface area (Å²) in [5.74, 6) is 0.719. The zero-order chi connectivity index (χ0) is 14.3. The van der Waals surface area contributed by atoms with Gasteiger partial charge in [0.2, 0.25) is 5.91 Å². The molecule has 0 fully saturated rings. The van der Waals surface area contributed by atoms with Crippen LogP contribution < -0.4 is 5.32 Å². The van der Waals surface area contributed by atoms with Crippen molar-refractivity contribution in [1.82, 2.24) is 0 Å². The number of amides is 1. The van der Waals surface area contributed by atoms with E-state index in [-0.39, 0.29) is 11.8 Å². The molecule has 0 unspecified atom stereocenters. The third-order valence-electron chi connectivity index (χ3n) is 3.42. The monoisotopic (exact) mass is 261 g/mol. The molecule has 0 bridgehead atoms. The van der Waals surface area contributed by atoms with Gasteiger partial charge in [-0.1, -0.05) is 52.7 Å². The Hall–Kier alpha value is -1.31. The zero-order valence-electron chi connectivity index (χ0n) is 12.7. The number of benzene rings is 1. The summed E-state index contributed by atoms with van der Waals surface area (Å²) in [4.78, 5) is 11.7. The molecule has 0 radical (unpaired) electrons. The third kappa shape index (κ3) is 5.06. The molecule has 0 saturated heterocycles. The van der Waals surface area contributed by atoms with Gasteiger partial charge in [-0.15, -0.1) is 0 Å². The zero-order valence-corrected chi connectivity index (χ0v) is 12.7. The molecule has 2 nitrogen and oxygen atoms in total. The quantitative estimate of drug-likeness (QED) is 0.738. The predicted molar refractivity (Wildman–Crippen MR) is 82.5 cm³/mol. The van der Waals surface area contributed by atoms with Gasteiger partial charge in [0.15, 0.2) is 0 Å². The first-order chi connectivity index (χ1) is 9.08. The maximum absolute atomic E-state index is 11.7. The van der Waals surface area contributed by atoms with Gasteiger partial charge in [0.25, 0.3) is 0 Å². The second-order valence-electron chi connectivity index (χ2n) is 5.54. The average molecular weight is 261 g/mol. The minimum absolute atomic E-state index is 0.0192. The molecule has 2 heteroatoms. The second kappa shape index (κ2) is 7.98. The van der Waals surface area contributed by atoms with Gasteiger partial charge in [-0.25, -0.2) is 0 Å². The fourth-order valence-corrected chi connectivity index (χ4v) is 2.33. The number of carbonyl (C=O) groups excluding carboxylic acids is 1. The Morgan fingerprint density at radius 2 is 1.79 bits per heavy atom. The van der Waals surface area contributed by atoms with Crippen LogP contribution in [0.1, 0.15) is 64.9 Å². The third-order valence-corrected chi connectivity index (χ3v) is 3.42. The SMILES string of the molecule is CCCC(CCC)c1cccc(NC(=O)C(C)C)c1. The lowest BCUT2D eigenvalue weighted by atomic mass is 9.90. The summed E-state index contributed by atoms with van der Waals surface area (Å²) in [6.45, 7) is 8.28. The van der Waals surface area contributed by atoms with E-state index in [9.17, 15) is 4.79 Å². The number of rotatable bonds is 7. The molecule has 0 aromatic heterocycles. The first-order valence-corrected chi connectivity index (χ1v) is 7.49. The van der Waals surface area contributed by atoms with E-state index in [0.717, 1.165) is 5.69 Å². The van der Waals surface area contributed by atoms with E-state index in [1.807, 2.05) is 26.0 Å². The van der Waals surface area contributed by atoms with Crippen LogP contribution in [0.15, 0.2) is 24.3 Å². The van der Waals surface area contributed by atoms with Crippen molar-refractivity contribution in [2.75, 3.05) is 5.32 Å². The van der Waals surface area contributed by atoms with E-state index in [1.165, 1.54) is 31.2 Å². The molecule has 19 heavy (non-hydrogen) atoms. The Kier molecular flexibility index (Phi) is 6.61. The number of anilines is 1. The molecular formula is C17H27NO. The fourth-order valence-electron chi connectivity index (χ4n) is 2.33. The van der Waals surface area contributed by atoms with Gasteiger partial charge in [0.1, 0.15) is 0 Å². The van der Waals surface area contributed by atoms with Crippen LogP contribution in [0.2, 0.25) is 0 Å². The molecule has 1 aromatic carbocycles. The van der Waals surface area contributed by atoms with Crippen LogP contribution >= 0.6 is 0 Å². The van der Waals surface area contributed by atoms with Crippen LogP contribution in [0.3, 0.4) is 0 Å². The van der Waals surface area contributed by atoms with Gasteiger partial charge in [-0.05, 0) is 36.5 Å². The Morgan fingerprint density at radius 1 is 1.16 bits per heavy atom. The molecule has 1 aromatic rings. The molecular weight excluding hydrogens is 234 g/mol. The van der Waals surface area contributed by atoms with Gasteiger partial charge < -0.3 is 5.32 Å². The largest absolute Gasteiger partial charge is 0.326 e. The normalized spacial score (nSPS) is 11.1. The number of hydrogen-bond donors (Lipinski definition) is 1. The maximum Gasteiger partial charge on any atom is 0.226 e. The van der Waals surface area contributed by atoms with E-state index >= 15 is 0 Å². The lowest BCUT2D eigenvalue weighted by molar-refractivity contribution is -0.118. The van der Waals surface area contributed by atoms with Crippen molar-refractivity contribution in [3.8, 4) is 0 Å². The summed E-state index contributed by atoms with van der Waals surface area (Å²) in [6.07, 6.45) is 4.84. The predicted octanol–water partition coefficient (Wildman–Crippen LogP) is 4.96. The van der Waals surface area contributed by atoms with Gasteiger partial charge in [0.05, 0.1) is 0 Å². The Morgan fingerprint density at radius 3 is 2.32 bits per heavy atom. The standard InChI is InChI=1S/C17H27NO/c1-5-8-14(9-6-2)15-10-7-11-16(12-15)18-17(19)13(3)4/h7,10-14H,5-6,8-9H2,1-4H3,(H,18,19). The number of hydrogen-bond acceptors (Lipinski definition) is 1. The summed E-state index contributed by atoms with van der Waals surface area (Å²) in [5, 5.41) is 2.98. The summed E-state index contributed by atoms with van der Waals surface area (Å²) in [6, 6.07) is 8.33. The van der Waals surface area contributed by atoms with Crippen LogP contribution in [-0.4, -0.2) is 5.91 Å². The Balaban J connectivity index is 2.82. The lowest BCUT2D eigenvalue weighted by Crippen LogP contribution is -2.17. The van der Waals surface area contributed by atoms with Crippen LogP contribution in [0.25, 0.3) is 0 Å². The highest BCUT2D eigenvalue weighted by Gasteiger charge is 2.12. The highest BCUT2D eigenvalue weighted by atomic mass is 16.1. The Labute approximate surface area is 117 Å². The van der Waals surface area contributed by atoms with Crippen LogP contribution in [0.4, 0.5) is 5.69 Å². The number of nitrogens with one attached hydrogen (secondary N) is 1. The molecule has 0 aliphatic heterocycles. The Bertz CT molecular complexity index is 392. The van der Waals surface area contributed by atoms with E-state index < -0.39 is 0 Å². The molecule has 1 rings (SSSR count). The van der Waals surface area contributed by atoms with Crippen LogP contribution in [0.5, 0.6) is 0 Å². The average Bonchev–Trinajstić information content (AvgIpc) is 2.38. The van der Waals surface area contributed by atoms with Crippen molar-refractivity contribution >= 4 is 11.6 Å². The highest BCUT2D eigenvalue weighted by molar-refractivity contribution is 5.92. The van der Waals surface area contributed by atoms with E-state index in [0.29, 0.717) is 5.92 Å². The summed E-state index contributed by atoms with van der Waals surface area (Å²) < 4.78 is 0. The number of carbonyl (C=O) groups is 1. The highest BCUT2D eigenvalue weighted by Crippen LogP contribution is 2.28. The van der Waals surface area contributed by atoms with Gasteiger partial charge >= 0.3 is 0 Å². The summed E-state index contributed by atoms with van der Waals surface area (Å²) >= 11 is 0. The molecule has 0 aliphatic carbocycles. The molecule has 1 N–H and O–H groups in total. The summed E-state index contributed by atoms with van der Waals surface area (Å²) in [5.41, 5.74) is 2.28. The smallest absolute Gasteiger partial charge is 0.226 e.